The summed E-state index contributed by atoms with van der Waals surface area (Å²) in [4.78, 5) is 3.82. The van der Waals surface area contributed by atoms with Crippen LogP contribution < -0.4 is 4.90 Å². The summed E-state index contributed by atoms with van der Waals surface area (Å²) < 4.78 is 0. The summed E-state index contributed by atoms with van der Waals surface area (Å²) in [5.41, 5.74) is 2.68. The van der Waals surface area contributed by atoms with Crippen LogP contribution in [0, 0.1) is 0 Å². The highest BCUT2D eigenvalue weighted by Crippen LogP contribution is 2.28. The number of nitrogens with one attached hydrogen (secondary N) is 1. The van der Waals surface area contributed by atoms with Crippen molar-refractivity contribution in [3.05, 3.63) is 84.2 Å². The average Bonchev–Trinajstić information content (AvgIpc) is 2.88. The number of hydrogen-bond acceptors (Lipinski definition) is 1. The van der Waals surface area contributed by atoms with Crippen molar-refractivity contribution in [3.8, 4) is 0 Å². The van der Waals surface area contributed by atoms with Gasteiger partial charge in [0.25, 0.3) is 0 Å². The van der Waals surface area contributed by atoms with Crippen LogP contribution in [0.3, 0.4) is 0 Å². The Hall–Kier alpha value is -2.06. The molecule has 0 aromatic heterocycles. The molecule has 1 atom stereocenters. The van der Waals surface area contributed by atoms with E-state index in [1.807, 2.05) is 0 Å². The number of nitrogens with zero attached hydrogens (tertiary/aromatic N) is 1. The Labute approximate surface area is 114 Å². The third-order valence-electron chi connectivity index (χ3n) is 3.54. The van der Waals surface area contributed by atoms with Gasteiger partial charge in [-0.15, -0.1) is 0 Å². The number of rotatable bonds is 3. The summed E-state index contributed by atoms with van der Waals surface area (Å²) in [6, 6.07) is 21.7. The van der Waals surface area contributed by atoms with Crippen molar-refractivity contribution < 1.29 is 4.90 Å². The van der Waals surface area contributed by atoms with Crippen LogP contribution >= 0.6 is 0 Å². The van der Waals surface area contributed by atoms with E-state index in [-0.39, 0.29) is 0 Å². The smallest absolute Gasteiger partial charge is 0.157 e. The van der Waals surface area contributed by atoms with Gasteiger partial charge in [-0.25, -0.2) is 0 Å². The maximum Gasteiger partial charge on any atom is 0.157 e. The van der Waals surface area contributed by atoms with Crippen LogP contribution in [0.2, 0.25) is 0 Å². The van der Waals surface area contributed by atoms with Crippen molar-refractivity contribution in [1.82, 2.24) is 4.90 Å². The standard InChI is InChI=1S/C17H18N2/c1-18-12-13-19(14-18)17(15-8-4-2-5-9-15)16-10-6-3-7-11-16/h2-13,17H,14H2,1H3/p+1. The minimum Gasteiger partial charge on any atom is -0.315 e. The van der Waals surface area contributed by atoms with Gasteiger partial charge in [-0.05, 0) is 11.1 Å². The molecule has 0 radical (unpaired) electrons. The van der Waals surface area contributed by atoms with E-state index >= 15 is 0 Å². The van der Waals surface area contributed by atoms with Gasteiger partial charge in [0, 0.05) is 0 Å². The molecule has 2 aromatic rings. The van der Waals surface area contributed by atoms with Crippen molar-refractivity contribution in [2.75, 3.05) is 13.7 Å². The molecule has 0 aliphatic carbocycles. The second-order valence-electron chi connectivity index (χ2n) is 5.06. The zero-order chi connectivity index (χ0) is 13.1. The molecule has 1 aliphatic heterocycles. The van der Waals surface area contributed by atoms with Crippen LogP contribution in [0.25, 0.3) is 0 Å². The Balaban J connectivity index is 1.99. The lowest BCUT2D eigenvalue weighted by Gasteiger charge is -2.27. The van der Waals surface area contributed by atoms with Gasteiger partial charge in [0.15, 0.2) is 6.67 Å². The third-order valence-corrected chi connectivity index (χ3v) is 3.54. The molecule has 0 fully saturated rings. The molecule has 1 unspecified atom stereocenters. The maximum absolute atomic E-state index is 2.40. The van der Waals surface area contributed by atoms with E-state index in [0.717, 1.165) is 6.67 Å². The second-order valence-corrected chi connectivity index (χ2v) is 5.06. The minimum atomic E-state index is 0.302. The zero-order valence-electron chi connectivity index (χ0n) is 11.2. The van der Waals surface area contributed by atoms with Crippen molar-refractivity contribution in [2.24, 2.45) is 0 Å². The fourth-order valence-electron chi connectivity index (χ4n) is 2.64. The van der Waals surface area contributed by atoms with Crippen molar-refractivity contribution >= 4 is 0 Å². The Morgan fingerprint density at radius 2 is 1.42 bits per heavy atom. The number of benzene rings is 2. The molecule has 1 N–H and O–H groups in total. The molecular formula is C17H19N2+. The van der Waals surface area contributed by atoms with Gasteiger partial charge in [0.2, 0.25) is 0 Å². The zero-order valence-corrected chi connectivity index (χ0v) is 11.2. The largest absolute Gasteiger partial charge is 0.315 e. The molecule has 2 heteroatoms. The highest BCUT2D eigenvalue weighted by molar-refractivity contribution is 5.32. The van der Waals surface area contributed by atoms with Gasteiger partial charge in [-0.2, -0.15) is 0 Å². The van der Waals surface area contributed by atoms with Crippen LogP contribution in [0.1, 0.15) is 17.2 Å². The van der Waals surface area contributed by atoms with Gasteiger partial charge in [0.05, 0.1) is 19.3 Å². The fraction of sp³-hybridized carbons (Fsp3) is 0.176. The third kappa shape index (κ3) is 2.54. The molecule has 19 heavy (non-hydrogen) atoms. The Bertz CT molecular complexity index is 508. The van der Waals surface area contributed by atoms with E-state index in [0.29, 0.717) is 6.04 Å². The average molecular weight is 251 g/mol. The molecular weight excluding hydrogens is 232 g/mol. The topological polar surface area (TPSA) is 7.68 Å². The summed E-state index contributed by atoms with van der Waals surface area (Å²) in [5.74, 6) is 0. The predicted octanol–water partition coefficient (Wildman–Crippen LogP) is 2.03. The van der Waals surface area contributed by atoms with Gasteiger partial charge in [0.1, 0.15) is 6.20 Å². The van der Waals surface area contributed by atoms with Crippen molar-refractivity contribution in [2.45, 2.75) is 6.04 Å². The van der Waals surface area contributed by atoms with Gasteiger partial charge in [-0.1, -0.05) is 60.7 Å². The van der Waals surface area contributed by atoms with E-state index in [2.05, 4.69) is 85.0 Å². The molecule has 1 aliphatic rings. The summed E-state index contributed by atoms with van der Waals surface area (Å²) in [6.45, 7) is 1.01. The molecule has 0 spiro atoms. The normalized spacial score (nSPS) is 18.2. The maximum atomic E-state index is 2.40. The summed E-state index contributed by atoms with van der Waals surface area (Å²) in [7, 11) is 2.18. The van der Waals surface area contributed by atoms with Gasteiger partial charge < -0.3 is 4.90 Å². The molecule has 0 bridgehead atoms. The first-order valence-corrected chi connectivity index (χ1v) is 6.71. The van der Waals surface area contributed by atoms with E-state index in [9.17, 15) is 0 Å². The fourth-order valence-corrected chi connectivity index (χ4v) is 2.64. The number of hydrogen-bond donors (Lipinski definition) is 1. The first-order chi connectivity index (χ1) is 9.34. The Morgan fingerprint density at radius 1 is 0.895 bits per heavy atom. The first-order valence-electron chi connectivity index (χ1n) is 6.71. The van der Waals surface area contributed by atoms with E-state index < -0.39 is 0 Å². The lowest BCUT2D eigenvalue weighted by molar-refractivity contribution is -0.827. The SMILES string of the molecule is C[NH+]1C=CN(C(c2ccccc2)c2ccccc2)C1. The number of quaternary nitrogens is 1. The molecule has 2 aromatic carbocycles. The monoisotopic (exact) mass is 251 g/mol. The van der Waals surface area contributed by atoms with Crippen molar-refractivity contribution in [1.29, 1.82) is 0 Å². The lowest BCUT2D eigenvalue weighted by atomic mass is 9.98. The highest BCUT2D eigenvalue weighted by Gasteiger charge is 2.25. The molecule has 0 amide bonds. The summed E-state index contributed by atoms with van der Waals surface area (Å²) in [5, 5.41) is 0. The van der Waals surface area contributed by atoms with Crippen LogP contribution in [0.15, 0.2) is 73.1 Å². The van der Waals surface area contributed by atoms with Crippen LogP contribution in [-0.2, 0) is 0 Å². The molecule has 0 saturated heterocycles. The summed E-state index contributed by atoms with van der Waals surface area (Å²) in [6.07, 6.45) is 4.42. The van der Waals surface area contributed by atoms with Crippen molar-refractivity contribution in [3.63, 3.8) is 0 Å². The van der Waals surface area contributed by atoms with Gasteiger partial charge in [-0.3, -0.25) is 4.90 Å². The van der Waals surface area contributed by atoms with Crippen LogP contribution in [0.4, 0.5) is 0 Å². The molecule has 3 rings (SSSR count). The van der Waals surface area contributed by atoms with Gasteiger partial charge >= 0.3 is 0 Å². The minimum absolute atomic E-state index is 0.302. The highest BCUT2D eigenvalue weighted by atomic mass is 15.3. The van der Waals surface area contributed by atoms with E-state index in [4.69, 9.17) is 0 Å². The molecule has 2 nitrogen and oxygen atoms in total. The lowest BCUT2D eigenvalue weighted by Crippen LogP contribution is -3.03. The van der Waals surface area contributed by atoms with Crippen LogP contribution in [-0.4, -0.2) is 18.6 Å². The molecule has 0 saturated carbocycles. The first kappa shape index (κ1) is 12.0. The molecule has 1 heterocycles. The second kappa shape index (κ2) is 5.29. The predicted molar refractivity (Wildman–Crippen MR) is 77.5 cm³/mol. The van der Waals surface area contributed by atoms with Crippen LogP contribution in [0.5, 0.6) is 0 Å². The quantitative estimate of drug-likeness (QED) is 0.877. The molecule has 96 valence electrons. The Morgan fingerprint density at radius 3 is 1.84 bits per heavy atom. The van der Waals surface area contributed by atoms with E-state index in [1.54, 1.807) is 0 Å². The van der Waals surface area contributed by atoms with E-state index in [1.165, 1.54) is 16.0 Å². The summed E-state index contributed by atoms with van der Waals surface area (Å²) >= 11 is 0. The Kier molecular flexibility index (Phi) is 3.34.